The number of benzene rings is 2. The number of hydrogen-bond donors (Lipinski definition) is 1. The van der Waals surface area contributed by atoms with Gasteiger partial charge in [0.25, 0.3) is 0 Å². The van der Waals surface area contributed by atoms with Crippen molar-refractivity contribution in [3.8, 4) is 0 Å². The van der Waals surface area contributed by atoms with E-state index in [2.05, 4.69) is 17.0 Å². The Labute approximate surface area is 159 Å². The van der Waals surface area contributed by atoms with E-state index in [4.69, 9.17) is 9.47 Å². The van der Waals surface area contributed by atoms with Gasteiger partial charge in [-0.3, -0.25) is 9.69 Å². The first-order valence-corrected chi connectivity index (χ1v) is 9.42. The summed E-state index contributed by atoms with van der Waals surface area (Å²) in [7, 11) is 0. The third-order valence-corrected chi connectivity index (χ3v) is 5.44. The second kappa shape index (κ2) is 7.90. The van der Waals surface area contributed by atoms with Crippen molar-refractivity contribution >= 4 is 5.78 Å². The summed E-state index contributed by atoms with van der Waals surface area (Å²) in [6.45, 7) is 2.68. The largest absolute Gasteiger partial charge is 0.389 e. The van der Waals surface area contributed by atoms with Crippen LogP contribution in [0.5, 0.6) is 0 Å². The summed E-state index contributed by atoms with van der Waals surface area (Å²) in [6, 6.07) is 19.5. The Morgan fingerprint density at radius 2 is 1.78 bits per heavy atom. The molecule has 2 aromatic carbocycles. The van der Waals surface area contributed by atoms with Gasteiger partial charge in [-0.1, -0.05) is 60.7 Å². The van der Waals surface area contributed by atoms with Gasteiger partial charge >= 0.3 is 0 Å². The lowest BCUT2D eigenvalue weighted by Crippen LogP contribution is -2.46. The van der Waals surface area contributed by atoms with Gasteiger partial charge in [0.2, 0.25) is 0 Å². The molecule has 0 saturated carbocycles. The van der Waals surface area contributed by atoms with Crippen molar-refractivity contribution in [1.82, 2.24) is 4.90 Å². The van der Waals surface area contributed by atoms with Crippen LogP contribution in [0.4, 0.5) is 0 Å². The van der Waals surface area contributed by atoms with Gasteiger partial charge in [0.1, 0.15) is 11.9 Å². The van der Waals surface area contributed by atoms with E-state index >= 15 is 0 Å². The fraction of sp³-hybridized carbons (Fsp3) is 0.409. The molecule has 1 unspecified atom stereocenters. The van der Waals surface area contributed by atoms with Gasteiger partial charge < -0.3 is 14.6 Å². The van der Waals surface area contributed by atoms with Gasteiger partial charge in [0.15, 0.2) is 6.29 Å². The predicted molar refractivity (Wildman–Crippen MR) is 101 cm³/mol. The Hall–Kier alpha value is -2.05. The Kier molecular flexibility index (Phi) is 5.36. The average molecular weight is 367 g/mol. The molecule has 5 atom stereocenters. The number of likely N-dealkylation sites (tertiary alicyclic amines) is 1. The summed E-state index contributed by atoms with van der Waals surface area (Å²) >= 11 is 0. The van der Waals surface area contributed by atoms with E-state index in [-0.39, 0.29) is 24.0 Å². The monoisotopic (exact) mass is 367 g/mol. The number of aliphatic hydroxyl groups is 1. The zero-order chi connectivity index (χ0) is 18.8. The first-order chi connectivity index (χ1) is 13.1. The average Bonchev–Trinajstić information content (AvgIpc) is 2.94. The van der Waals surface area contributed by atoms with Gasteiger partial charge in [-0.25, -0.2) is 0 Å². The van der Waals surface area contributed by atoms with Crippen LogP contribution >= 0.6 is 0 Å². The maximum Gasteiger partial charge on any atom is 0.184 e. The van der Waals surface area contributed by atoms with Crippen molar-refractivity contribution in [2.45, 2.75) is 50.5 Å². The predicted octanol–water partition coefficient (Wildman–Crippen LogP) is 2.69. The summed E-state index contributed by atoms with van der Waals surface area (Å²) in [5.74, 6) is 0.0660. The van der Waals surface area contributed by atoms with Crippen LogP contribution in [0.2, 0.25) is 0 Å². The number of aliphatic hydroxyl groups excluding tert-OH is 1. The van der Waals surface area contributed by atoms with Crippen molar-refractivity contribution in [3.63, 3.8) is 0 Å². The second-order valence-corrected chi connectivity index (χ2v) is 7.37. The van der Waals surface area contributed by atoms with Crippen LogP contribution in [0.25, 0.3) is 0 Å². The Bertz CT molecular complexity index is 766. The minimum Gasteiger partial charge on any atom is -0.389 e. The van der Waals surface area contributed by atoms with Gasteiger partial charge in [0.05, 0.1) is 18.8 Å². The first kappa shape index (κ1) is 18.3. The molecule has 2 aliphatic rings. The van der Waals surface area contributed by atoms with Crippen molar-refractivity contribution in [3.05, 3.63) is 71.8 Å². The van der Waals surface area contributed by atoms with E-state index in [9.17, 15) is 9.90 Å². The number of Topliss-reactive ketones (excluding diaryl/α,β-unsaturated/α-hetero) is 1. The molecule has 2 fully saturated rings. The highest BCUT2D eigenvalue weighted by molar-refractivity contribution is 5.76. The molecular weight excluding hydrogens is 342 g/mol. The minimum absolute atomic E-state index is 0.0660. The van der Waals surface area contributed by atoms with Crippen LogP contribution in [0.15, 0.2) is 60.7 Å². The molecule has 0 bridgehead atoms. The zero-order valence-electron chi connectivity index (χ0n) is 15.4. The van der Waals surface area contributed by atoms with Crippen molar-refractivity contribution in [1.29, 1.82) is 0 Å². The molecule has 0 radical (unpaired) electrons. The number of carbonyl (C=O) groups excluding carboxylic acids is 1. The van der Waals surface area contributed by atoms with Crippen LogP contribution in [0.3, 0.4) is 0 Å². The van der Waals surface area contributed by atoms with Gasteiger partial charge in [-0.2, -0.15) is 0 Å². The molecule has 0 spiro atoms. The van der Waals surface area contributed by atoms with Crippen molar-refractivity contribution in [2.75, 3.05) is 6.61 Å². The Morgan fingerprint density at radius 3 is 2.44 bits per heavy atom. The van der Waals surface area contributed by atoms with Gasteiger partial charge in [-0.05, 0) is 12.5 Å². The summed E-state index contributed by atoms with van der Waals surface area (Å²) in [4.78, 5) is 14.0. The quantitative estimate of drug-likeness (QED) is 0.881. The first-order valence-electron chi connectivity index (χ1n) is 9.42. The van der Waals surface area contributed by atoms with Gasteiger partial charge in [0, 0.05) is 24.6 Å². The molecule has 5 heteroatoms. The standard InChI is InChI=1S/C22H25NO4/c1-15(24)12-18-20(25)21-19(23(18)13-16-8-4-2-5-9-16)14-26-22(27-21)17-10-6-3-7-11-17/h2-11,18-22,25H,12-14H2,1H3/t18-,19-,20-,21-,22?/m1/s1. The summed E-state index contributed by atoms with van der Waals surface area (Å²) in [5.41, 5.74) is 2.08. The Balaban J connectivity index is 1.57. The third-order valence-electron chi connectivity index (χ3n) is 5.44. The second-order valence-electron chi connectivity index (χ2n) is 7.37. The van der Waals surface area contributed by atoms with Crippen LogP contribution < -0.4 is 0 Å². The molecule has 5 nitrogen and oxygen atoms in total. The minimum atomic E-state index is -0.724. The number of ether oxygens (including phenoxy) is 2. The lowest BCUT2D eigenvalue weighted by Gasteiger charge is -2.36. The molecule has 4 rings (SSSR count). The number of nitrogens with zero attached hydrogens (tertiary/aromatic N) is 1. The fourth-order valence-electron chi connectivity index (χ4n) is 4.15. The van der Waals surface area contributed by atoms with E-state index in [1.807, 2.05) is 48.5 Å². The fourth-order valence-corrected chi connectivity index (χ4v) is 4.15. The molecule has 2 saturated heterocycles. The number of ketones is 1. The highest BCUT2D eigenvalue weighted by atomic mass is 16.7. The van der Waals surface area contributed by atoms with E-state index in [0.29, 0.717) is 19.6 Å². The molecule has 0 aliphatic carbocycles. The summed E-state index contributed by atoms with van der Waals surface area (Å²) < 4.78 is 12.2. The SMILES string of the molecule is CC(=O)C[C@@H]1[C@@H](O)[C@@H]2OC(c3ccccc3)OC[C@H]2N1Cc1ccccc1. The van der Waals surface area contributed by atoms with E-state index in [1.54, 1.807) is 6.92 Å². The highest BCUT2D eigenvalue weighted by Crippen LogP contribution is 2.38. The van der Waals surface area contributed by atoms with Crippen molar-refractivity contribution in [2.24, 2.45) is 0 Å². The van der Waals surface area contributed by atoms with E-state index < -0.39 is 12.4 Å². The number of fused-ring (bicyclic) bond motifs is 1. The van der Waals surface area contributed by atoms with E-state index in [0.717, 1.165) is 11.1 Å². The molecule has 0 amide bonds. The molecule has 2 aliphatic heterocycles. The highest BCUT2D eigenvalue weighted by Gasteiger charge is 2.52. The molecule has 1 N–H and O–H groups in total. The van der Waals surface area contributed by atoms with E-state index in [1.165, 1.54) is 0 Å². The maximum absolute atomic E-state index is 11.8. The lowest BCUT2D eigenvalue weighted by molar-refractivity contribution is -0.242. The molecular formula is C22H25NO4. The molecule has 0 aromatic heterocycles. The molecule has 2 aromatic rings. The van der Waals surface area contributed by atoms with Gasteiger partial charge in [-0.15, -0.1) is 0 Å². The zero-order valence-corrected chi connectivity index (χ0v) is 15.4. The van der Waals surface area contributed by atoms with Crippen molar-refractivity contribution < 1.29 is 19.4 Å². The maximum atomic E-state index is 11.8. The third kappa shape index (κ3) is 3.82. The van der Waals surface area contributed by atoms with Crippen LogP contribution in [-0.4, -0.2) is 46.7 Å². The normalized spacial score (nSPS) is 30.8. The van der Waals surface area contributed by atoms with Crippen LogP contribution in [-0.2, 0) is 20.8 Å². The number of rotatable bonds is 5. The smallest absolute Gasteiger partial charge is 0.184 e. The summed E-state index contributed by atoms with van der Waals surface area (Å²) in [5, 5.41) is 11.0. The van der Waals surface area contributed by atoms with Crippen LogP contribution in [0.1, 0.15) is 30.8 Å². The number of carbonyl (C=O) groups is 1. The lowest BCUT2D eigenvalue weighted by atomic mass is 10.0. The molecule has 2 heterocycles. The summed E-state index contributed by atoms with van der Waals surface area (Å²) in [6.07, 6.45) is -1.29. The Morgan fingerprint density at radius 1 is 1.11 bits per heavy atom. The number of hydrogen-bond acceptors (Lipinski definition) is 5. The topological polar surface area (TPSA) is 59.0 Å². The van der Waals surface area contributed by atoms with Crippen LogP contribution in [0, 0.1) is 0 Å². The molecule has 27 heavy (non-hydrogen) atoms. The molecule has 142 valence electrons.